The largest absolute Gasteiger partial charge is 0.397 e. The third kappa shape index (κ3) is 5.05. The van der Waals surface area contributed by atoms with Gasteiger partial charge in [-0.25, -0.2) is 0 Å². The first kappa shape index (κ1) is 20.9. The number of hydrogen-bond donors (Lipinski definition) is 3. The van der Waals surface area contributed by atoms with E-state index in [0.717, 1.165) is 15.6 Å². The van der Waals surface area contributed by atoms with Crippen molar-refractivity contribution in [1.82, 2.24) is 5.32 Å². The number of nitrogens with one attached hydrogen (secondary N) is 2. The Labute approximate surface area is 188 Å². The van der Waals surface area contributed by atoms with Crippen LogP contribution < -0.4 is 16.4 Å². The average Bonchev–Trinajstić information content (AvgIpc) is 3.19. The number of carbonyl (C=O) groups excluding carboxylic acids is 2. The van der Waals surface area contributed by atoms with E-state index in [9.17, 15) is 9.59 Å². The van der Waals surface area contributed by atoms with E-state index in [0.29, 0.717) is 39.8 Å². The first-order valence-corrected chi connectivity index (χ1v) is 10.9. The molecule has 0 aliphatic rings. The molecule has 0 fully saturated rings. The van der Waals surface area contributed by atoms with E-state index in [-0.39, 0.29) is 11.8 Å². The fraction of sp³-hybridized carbons (Fsp3) is 0.0833. The number of nitrogen functional groups attached to an aromatic ring is 1. The van der Waals surface area contributed by atoms with Gasteiger partial charge in [-0.3, -0.25) is 9.59 Å². The Morgan fingerprint density at radius 1 is 0.935 bits per heavy atom. The number of para-hydroxylation sites is 2. The highest BCUT2D eigenvalue weighted by Crippen LogP contribution is 2.28. The molecular weight excluding hydrogens is 430 g/mol. The van der Waals surface area contributed by atoms with Gasteiger partial charge in [0.1, 0.15) is 0 Å². The number of carbonyl (C=O) groups is 2. The fourth-order valence-corrected chi connectivity index (χ4v) is 4.40. The highest BCUT2D eigenvalue weighted by molar-refractivity contribution is 7.20. The summed E-state index contributed by atoms with van der Waals surface area (Å²) >= 11 is 7.37. The zero-order chi connectivity index (χ0) is 21.8. The predicted octanol–water partition coefficient (Wildman–Crippen LogP) is 5.36. The van der Waals surface area contributed by atoms with Crippen LogP contribution in [0, 0.1) is 0 Å². The maximum absolute atomic E-state index is 12.6. The SMILES string of the molecule is Nc1ccccc1NC(=O)c1cc2ccc(CCNC(=O)c3cccc(Cl)c3)cc2s1. The van der Waals surface area contributed by atoms with Crippen molar-refractivity contribution >= 4 is 56.2 Å². The van der Waals surface area contributed by atoms with E-state index in [4.69, 9.17) is 17.3 Å². The third-order valence-electron chi connectivity index (χ3n) is 4.80. The van der Waals surface area contributed by atoms with Crippen molar-refractivity contribution in [3.8, 4) is 0 Å². The summed E-state index contributed by atoms with van der Waals surface area (Å²) in [5.41, 5.74) is 8.65. The number of benzene rings is 3. The van der Waals surface area contributed by atoms with Crippen molar-refractivity contribution in [3.05, 3.63) is 93.8 Å². The van der Waals surface area contributed by atoms with Gasteiger partial charge in [0.2, 0.25) is 0 Å². The predicted molar refractivity (Wildman–Crippen MR) is 128 cm³/mol. The number of rotatable bonds is 6. The summed E-state index contributed by atoms with van der Waals surface area (Å²) in [6.45, 7) is 0.503. The molecular formula is C24H20ClN3O2S. The Bertz CT molecular complexity index is 1270. The molecule has 0 saturated carbocycles. The number of fused-ring (bicyclic) bond motifs is 1. The van der Waals surface area contributed by atoms with E-state index >= 15 is 0 Å². The first-order valence-electron chi connectivity index (χ1n) is 9.72. The van der Waals surface area contributed by atoms with Crippen molar-refractivity contribution in [2.75, 3.05) is 17.6 Å². The van der Waals surface area contributed by atoms with E-state index in [1.54, 1.807) is 36.4 Å². The monoisotopic (exact) mass is 449 g/mol. The van der Waals surface area contributed by atoms with Crippen LogP contribution in [0.15, 0.2) is 72.8 Å². The van der Waals surface area contributed by atoms with Crippen molar-refractivity contribution in [2.45, 2.75) is 6.42 Å². The summed E-state index contributed by atoms with van der Waals surface area (Å²) in [5.74, 6) is -0.340. The molecule has 2 amide bonds. The van der Waals surface area contributed by atoms with Gasteiger partial charge in [-0.1, -0.05) is 41.9 Å². The van der Waals surface area contributed by atoms with Crippen molar-refractivity contribution in [2.24, 2.45) is 0 Å². The average molecular weight is 450 g/mol. The minimum atomic E-state index is -0.186. The second-order valence-corrected chi connectivity index (χ2v) is 8.56. The molecule has 1 aromatic heterocycles. The number of anilines is 2. The van der Waals surface area contributed by atoms with Gasteiger partial charge >= 0.3 is 0 Å². The van der Waals surface area contributed by atoms with Crippen LogP contribution in [0.1, 0.15) is 25.6 Å². The molecule has 0 aliphatic carbocycles. The van der Waals surface area contributed by atoms with Crippen LogP contribution in [0.2, 0.25) is 5.02 Å². The van der Waals surface area contributed by atoms with Crippen LogP contribution >= 0.6 is 22.9 Å². The van der Waals surface area contributed by atoms with Crippen LogP contribution in [0.3, 0.4) is 0 Å². The van der Waals surface area contributed by atoms with Crippen molar-refractivity contribution in [1.29, 1.82) is 0 Å². The fourth-order valence-electron chi connectivity index (χ4n) is 3.19. The standard InChI is InChI=1S/C24H20ClN3O2S/c25-18-5-3-4-17(13-18)23(29)27-11-10-15-8-9-16-14-22(31-21(16)12-15)24(30)28-20-7-2-1-6-19(20)26/h1-9,12-14H,10-11,26H2,(H,27,29)(H,28,30). The number of thiophene rings is 1. The summed E-state index contributed by atoms with van der Waals surface area (Å²) in [6, 6.07) is 22.0. The quantitative estimate of drug-likeness (QED) is 0.346. The molecule has 0 spiro atoms. The van der Waals surface area contributed by atoms with Crippen molar-refractivity contribution < 1.29 is 9.59 Å². The Kier molecular flexibility index (Phi) is 6.21. The molecule has 4 rings (SSSR count). The van der Waals surface area contributed by atoms with Crippen LogP contribution in [0.25, 0.3) is 10.1 Å². The molecule has 3 aromatic carbocycles. The molecule has 1 heterocycles. The molecule has 0 saturated heterocycles. The lowest BCUT2D eigenvalue weighted by molar-refractivity contribution is 0.0953. The summed E-state index contributed by atoms with van der Waals surface area (Å²) in [4.78, 5) is 25.5. The number of amides is 2. The molecule has 31 heavy (non-hydrogen) atoms. The van der Waals surface area contributed by atoms with E-state index in [1.807, 2.05) is 30.3 Å². The molecule has 0 aliphatic heterocycles. The van der Waals surface area contributed by atoms with Gasteiger partial charge < -0.3 is 16.4 Å². The second kappa shape index (κ2) is 9.20. The normalized spacial score (nSPS) is 10.7. The lowest BCUT2D eigenvalue weighted by atomic mass is 10.1. The lowest BCUT2D eigenvalue weighted by Crippen LogP contribution is -2.25. The summed E-state index contributed by atoms with van der Waals surface area (Å²) in [5, 5.41) is 7.30. The Balaban J connectivity index is 1.40. The van der Waals surface area contributed by atoms with Gasteiger partial charge in [0, 0.05) is 21.8 Å². The topological polar surface area (TPSA) is 84.2 Å². The summed E-state index contributed by atoms with van der Waals surface area (Å²) in [7, 11) is 0. The maximum Gasteiger partial charge on any atom is 0.265 e. The van der Waals surface area contributed by atoms with E-state index in [1.165, 1.54) is 11.3 Å². The number of halogens is 1. The molecule has 0 unspecified atom stereocenters. The van der Waals surface area contributed by atoms with Crippen LogP contribution in [-0.4, -0.2) is 18.4 Å². The van der Waals surface area contributed by atoms with Gasteiger partial charge in [0.25, 0.3) is 11.8 Å². The molecule has 4 aromatic rings. The lowest BCUT2D eigenvalue weighted by Gasteiger charge is -2.06. The Morgan fingerprint density at radius 3 is 2.58 bits per heavy atom. The summed E-state index contributed by atoms with van der Waals surface area (Å²) in [6.07, 6.45) is 0.683. The minimum absolute atomic E-state index is 0.154. The van der Waals surface area contributed by atoms with Crippen LogP contribution in [-0.2, 0) is 6.42 Å². The van der Waals surface area contributed by atoms with Crippen LogP contribution in [0.4, 0.5) is 11.4 Å². The Morgan fingerprint density at radius 2 is 1.77 bits per heavy atom. The van der Waals surface area contributed by atoms with Gasteiger partial charge in [-0.05, 0) is 59.8 Å². The van der Waals surface area contributed by atoms with Gasteiger partial charge in [-0.2, -0.15) is 0 Å². The highest BCUT2D eigenvalue weighted by atomic mass is 35.5. The highest BCUT2D eigenvalue weighted by Gasteiger charge is 2.12. The molecule has 156 valence electrons. The van der Waals surface area contributed by atoms with Crippen LogP contribution in [0.5, 0.6) is 0 Å². The van der Waals surface area contributed by atoms with Gasteiger partial charge in [0.05, 0.1) is 16.3 Å². The number of hydrogen-bond acceptors (Lipinski definition) is 4. The molecule has 7 heteroatoms. The van der Waals surface area contributed by atoms with Gasteiger partial charge in [0.15, 0.2) is 0 Å². The summed E-state index contributed by atoms with van der Waals surface area (Å²) < 4.78 is 1.02. The Hall–Kier alpha value is -3.35. The zero-order valence-electron chi connectivity index (χ0n) is 16.5. The molecule has 0 atom stereocenters. The maximum atomic E-state index is 12.6. The second-order valence-electron chi connectivity index (χ2n) is 7.04. The molecule has 4 N–H and O–H groups in total. The van der Waals surface area contributed by atoms with Gasteiger partial charge in [-0.15, -0.1) is 11.3 Å². The number of nitrogens with two attached hydrogens (primary N) is 1. The third-order valence-corrected chi connectivity index (χ3v) is 6.14. The van der Waals surface area contributed by atoms with E-state index < -0.39 is 0 Å². The van der Waals surface area contributed by atoms with Crippen molar-refractivity contribution in [3.63, 3.8) is 0 Å². The first-order chi connectivity index (χ1) is 15.0. The smallest absolute Gasteiger partial charge is 0.265 e. The minimum Gasteiger partial charge on any atom is -0.397 e. The molecule has 5 nitrogen and oxygen atoms in total. The molecule has 0 bridgehead atoms. The van der Waals surface area contributed by atoms with E-state index in [2.05, 4.69) is 16.7 Å². The molecule has 0 radical (unpaired) electrons. The zero-order valence-corrected chi connectivity index (χ0v) is 18.1.